The van der Waals surface area contributed by atoms with Crippen molar-refractivity contribution in [1.29, 1.82) is 0 Å². The van der Waals surface area contributed by atoms with Crippen LogP contribution in [-0.2, 0) is 9.47 Å². The molecule has 0 N–H and O–H groups in total. The van der Waals surface area contributed by atoms with Gasteiger partial charge in [-0.15, -0.1) is 0 Å². The number of epoxide rings is 1. The number of hydrogen-bond donors (Lipinski definition) is 0. The van der Waals surface area contributed by atoms with Crippen LogP contribution in [0, 0.1) is 5.92 Å². The van der Waals surface area contributed by atoms with E-state index in [2.05, 4.69) is 16.1 Å². The molecule has 0 aromatic heterocycles. The molecule has 2 atom stereocenters. The molecule has 0 saturated carbocycles. The minimum Gasteiger partial charge on any atom is -0.476 e. The maximum Gasteiger partial charge on any atom is 0.453 e. The first-order valence-electron chi connectivity index (χ1n) is 5.52. The second-order valence-corrected chi connectivity index (χ2v) is 4.49. The third kappa shape index (κ3) is 3.06. The molecule has 0 aromatic rings. The van der Waals surface area contributed by atoms with Crippen molar-refractivity contribution in [3.05, 3.63) is 12.8 Å². The Morgan fingerprint density at radius 2 is 1.26 bits per heavy atom. The average molecular weight is 368 g/mol. The van der Waals surface area contributed by atoms with Crippen molar-refractivity contribution >= 4 is 0 Å². The number of hydrogen-bond acceptors (Lipinski definition) is 2. The largest absolute Gasteiger partial charge is 0.476 e. The Bertz CT molecular complexity index is 429. The molecule has 0 amide bonds. The molecule has 136 valence electrons. The van der Waals surface area contributed by atoms with Gasteiger partial charge in [-0.05, 0) is 0 Å². The van der Waals surface area contributed by atoms with Crippen LogP contribution in [0.3, 0.4) is 0 Å². The quantitative estimate of drug-likeness (QED) is 0.412. The zero-order valence-electron chi connectivity index (χ0n) is 10.6. The van der Waals surface area contributed by atoms with Gasteiger partial charge in [-0.2, -0.15) is 48.3 Å². The van der Waals surface area contributed by atoms with Crippen LogP contribution in [-0.4, -0.2) is 42.8 Å². The number of ether oxygens (including phenoxy) is 2. The fourth-order valence-electron chi connectivity index (χ4n) is 2.03. The SMILES string of the molecule is C=COC(C(C1CO1)C(F)(F)C(F)(F)F)(C(F)(F)F)C(F)(F)F. The van der Waals surface area contributed by atoms with Gasteiger partial charge in [0.2, 0.25) is 0 Å². The molecular formula is C10H7F11O2. The van der Waals surface area contributed by atoms with Crippen molar-refractivity contribution in [1.82, 2.24) is 0 Å². The monoisotopic (exact) mass is 368 g/mol. The van der Waals surface area contributed by atoms with Crippen LogP contribution in [0.4, 0.5) is 48.3 Å². The maximum absolute atomic E-state index is 13.4. The Labute approximate surface area is 120 Å². The van der Waals surface area contributed by atoms with E-state index < -0.39 is 54.9 Å². The van der Waals surface area contributed by atoms with Crippen LogP contribution in [0.2, 0.25) is 0 Å². The fraction of sp³-hybridized carbons (Fsp3) is 0.800. The second kappa shape index (κ2) is 5.38. The molecule has 2 nitrogen and oxygen atoms in total. The standard InChI is InChI=1S/C10H7F11O2/c1-2-23-6(8(13,14)15,9(16,17)18)5(4-3-22-4)7(11,12)10(19,20)21/h2,4-5H,1,3H2. The van der Waals surface area contributed by atoms with Gasteiger partial charge in [0, 0.05) is 0 Å². The third-order valence-corrected chi connectivity index (χ3v) is 3.05. The summed E-state index contributed by atoms with van der Waals surface area (Å²) in [5, 5.41) is 0. The first-order chi connectivity index (χ1) is 10.0. The minimum atomic E-state index is -6.70. The lowest BCUT2D eigenvalue weighted by Gasteiger charge is -2.44. The van der Waals surface area contributed by atoms with Crippen molar-refractivity contribution in [3.8, 4) is 0 Å². The summed E-state index contributed by atoms with van der Waals surface area (Å²) < 4.78 is 149. The molecular weight excluding hydrogens is 361 g/mol. The van der Waals surface area contributed by atoms with Crippen molar-refractivity contribution in [2.24, 2.45) is 5.92 Å². The Hall–Kier alpha value is -1.27. The van der Waals surface area contributed by atoms with Gasteiger partial charge in [0.15, 0.2) is 0 Å². The summed E-state index contributed by atoms with van der Waals surface area (Å²) in [6.45, 7) is 1.24. The lowest BCUT2D eigenvalue weighted by atomic mass is 9.78. The van der Waals surface area contributed by atoms with Gasteiger partial charge in [-0.1, -0.05) is 6.58 Å². The van der Waals surface area contributed by atoms with Gasteiger partial charge in [-0.3, -0.25) is 0 Å². The molecule has 0 spiro atoms. The molecule has 0 aromatic carbocycles. The highest BCUT2D eigenvalue weighted by molar-refractivity contribution is 5.12. The van der Waals surface area contributed by atoms with Crippen molar-refractivity contribution in [2.45, 2.75) is 36.2 Å². The van der Waals surface area contributed by atoms with Gasteiger partial charge >= 0.3 is 30.1 Å². The molecule has 1 fully saturated rings. The predicted molar refractivity (Wildman–Crippen MR) is 50.4 cm³/mol. The van der Waals surface area contributed by atoms with Crippen molar-refractivity contribution in [2.75, 3.05) is 6.61 Å². The van der Waals surface area contributed by atoms with Crippen LogP contribution >= 0.6 is 0 Å². The fourth-order valence-corrected chi connectivity index (χ4v) is 2.03. The van der Waals surface area contributed by atoms with Crippen LogP contribution in [0.5, 0.6) is 0 Å². The molecule has 13 heteroatoms. The molecule has 0 radical (unpaired) electrons. The van der Waals surface area contributed by atoms with E-state index in [-0.39, 0.29) is 0 Å². The van der Waals surface area contributed by atoms with E-state index in [1.807, 2.05) is 0 Å². The summed E-state index contributed by atoms with van der Waals surface area (Å²) in [5.41, 5.74) is -5.85. The molecule has 0 bridgehead atoms. The van der Waals surface area contributed by atoms with Gasteiger partial charge in [0.25, 0.3) is 0 Å². The zero-order chi connectivity index (χ0) is 18.5. The van der Waals surface area contributed by atoms with Gasteiger partial charge in [-0.25, -0.2) is 0 Å². The Kier molecular flexibility index (Phi) is 4.63. The Morgan fingerprint density at radius 1 is 0.870 bits per heavy atom. The predicted octanol–water partition coefficient (Wildman–Crippen LogP) is 4.22. The molecule has 0 aliphatic carbocycles. The number of rotatable bonds is 5. The highest BCUT2D eigenvalue weighted by atomic mass is 19.4. The first kappa shape index (κ1) is 19.8. The van der Waals surface area contributed by atoms with E-state index in [0.29, 0.717) is 0 Å². The Morgan fingerprint density at radius 3 is 1.48 bits per heavy atom. The lowest BCUT2D eigenvalue weighted by molar-refractivity contribution is -0.423. The van der Waals surface area contributed by atoms with Gasteiger partial charge in [0.05, 0.1) is 19.0 Å². The van der Waals surface area contributed by atoms with Crippen LogP contribution in [0.25, 0.3) is 0 Å². The van der Waals surface area contributed by atoms with Gasteiger partial charge in [0.1, 0.15) is 5.92 Å². The molecule has 1 heterocycles. The van der Waals surface area contributed by atoms with E-state index in [0.717, 1.165) is 0 Å². The van der Waals surface area contributed by atoms with Crippen LogP contribution < -0.4 is 0 Å². The summed E-state index contributed by atoms with van der Waals surface area (Å²) in [5.74, 6) is -10.8. The van der Waals surface area contributed by atoms with E-state index in [9.17, 15) is 48.3 Å². The summed E-state index contributed by atoms with van der Waals surface area (Å²) in [6, 6.07) is 0. The third-order valence-electron chi connectivity index (χ3n) is 3.05. The maximum atomic E-state index is 13.4. The second-order valence-electron chi connectivity index (χ2n) is 4.49. The smallest absolute Gasteiger partial charge is 0.453 e. The summed E-state index contributed by atoms with van der Waals surface area (Å²) in [7, 11) is 0. The van der Waals surface area contributed by atoms with E-state index in [4.69, 9.17) is 0 Å². The molecule has 1 saturated heterocycles. The molecule has 1 rings (SSSR count). The topological polar surface area (TPSA) is 21.8 Å². The highest BCUT2D eigenvalue weighted by Crippen LogP contribution is 2.60. The van der Waals surface area contributed by atoms with E-state index in [1.165, 1.54) is 0 Å². The van der Waals surface area contributed by atoms with E-state index >= 15 is 0 Å². The van der Waals surface area contributed by atoms with E-state index in [1.54, 1.807) is 0 Å². The summed E-state index contributed by atoms with van der Waals surface area (Å²) >= 11 is 0. The number of halogens is 11. The highest BCUT2D eigenvalue weighted by Gasteiger charge is 2.86. The van der Waals surface area contributed by atoms with Crippen molar-refractivity contribution in [3.63, 3.8) is 0 Å². The number of alkyl halides is 11. The molecule has 1 aliphatic rings. The first-order valence-corrected chi connectivity index (χ1v) is 5.52. The molecule has 1 aliphatic heterocycles. The minimum absolute atomic E-state index is 0.497. The Balaban J connectivity index is 3.69. The molecule has 2 unspecified atom stereocenters. The van der Waals surface area contributed by atoms with Crippen molar-refractivity contribution < 1.29 is 57.8 Å². The summed E-state index contributed by atoms with van der Waals surface area (Å²) in [4.78, 5) is 0. The van der Waals surface area contributed by atoms with Crippen LogP contribution in [0.15, 0.2) is 12.8 Å². The normalized spacial score (nSPS) is 21.8. The zero-order valence-corrected chi connectivity index (χ0v) is 10.6. The summed E-state index contributed by atoms with van der Waals surface area (Å²) in [6.07, 6.45) is -23.2. The van der Waals surface area contributed by atoms with Crippen LogP contribution in [0.1, 0.15) is 0 Å². The lowest BCUT2D eigenvalue weighted by Crippen LogP contribution is -2.70. The average Bonchev–Trinajstić information content (AvgIpc) is 3.07. The van der Waals surface area contributed by atoms with Gasteiger partial charge < -0.3 is 9.47 Å². The molecule has 23 heavy (non-hydrogen) atoms.